The summed E-state index contributed by atoms with van der Waals surface area (Å²) in [5.74, 6) is -0.630. The van der Waals surface area contributed by atoms with Gasteiger partial charge in [0, 0.05) is 29.7 Å². The van der Waals surface area contributed by atoms with Crippen LogP contribution in [0.4, 0.5) is 30.4 Å². The molecule has 4 rings (SSSR count). The van der Waals surface area contributed by atoms with Gasteiger partial charge in [0.05, 0.1) is 40.8 Å². The maximum absolute atomic E-state index is 14.7. The topological polar surface area (TPSA) is 100 Å². The Morgan fingerprint density at radius 1 is 1.16 bits per heavy atom. The Morgan fingerprint density at radius 2 is 1.84 bits per heavy atom. The number of aliphatic hydroxyl groups excluding tert-OH is 1. The van der Waals surface area contributed by atoms with Gasteiger partial charge in [-0.05, 0) is 44.9 Å². The van der Waals surface area contributed by atoms with E-state index in [1.54, 1.807) is 20.0 Å². The van der Waals surface area contributed by atoms with Gasteiger partial charge in [0.15, 0.2) is 5.82 Å². The maximum Gasteiger partial charge on any atom is 0.266 e. The van der Waals surface area contributed by atoms with Crippen molar-refractivity contribution >= 4 is 28.1 Å². The molecule has 1 saturated heterocycles. The standard InChI is InChI=1S/C22H25F3N6O/c1-11(16-7-13(26)8-17(19(16)23)21(24)25)28-22-18-9-14(31-5-3-15(32)4-6-31)10-27-20(18)12(2)29-30-22/h7-11,15,21,32H,3-6,26H2,1-2H3,(H,28,30)/t11-/m1/s1. The average Bonchev–Trinajstić information content (AvgIpc) is 2.77. The number of anilines is 3. The van der Waals surface area contributed by atoms with Crippen LogP contribution in [0.3, 0.4) is 0 Å². The van der Waals surface area contributed by atoms with Gasteiger partial charge in [-0.15, -0.1) is 5.10 Å². The second-order valence-electron chi connectivity index (χ2n) is 8.12. The number of nitrogens with zero attached hydrogens (tertiary/aromatic N) is 4. The zero-order chi connectivity index (χ0) is 23.0. The van der Waals surface area contributed by atoms with Crippen LogP contribution in [-0.2, 0) is 0 Å². The minimum Gasteiger partial charge on any atom is -0.399 e. The molecule has 0 radical (unpaired) electrons. The fourth-order valence-electron chi connectivity index (χ4n) is 4.00. The van der Waals surface area contributed by atoms with Crippen molar-refractivity contribution in [3.05, 3.63) is 47.0 Å². The van der Waals surface area contributed by atoms with Crippen molar-refractivity contribution in [3.63, 3.8) is 0 Å². The minimum absolute atomic E-state index is 0.0185. The third-order valence-electron chi connectivity index (χ3n) is 5.81. The fraction of sp³-hybridized carbons (Fsp3) is 0.409. The van der Waals surface area contributed by atoms with Crippen molar-refractivity contribution in [2.24, 2.45) is 0 Å². The van der Waals surface area contributed by atoms with E-state index in [2.05, 4.69) is 25.4 Å². The first-order valence-corrected chi connectivity index (χ1v) is 10.4. The minimum atomic E-state index is -2.97. The van der Waals surface area contributed by atoms with Crippen LogP contribution in [0.5, 0.6) is 0 Å². The molecule has 2 aromatic heterocycles. The number of hydrogen-bond acceptors (Lipinski definition) is 7. The Bertz CT molecular complexity index is 1130. The molecular weight excluding hydrogens is 421 g/mol. The van der Waals surface area contributed by atoms with E-state index < -0.39 is 23.8 Å². The first-order chi connectivity index (χ1) is 15.2. The van der Waals surface area contributed by atoms with Gasteiger partial charge in [-0.1, -0.05) is 0 Å². The molecule has 0 unspecified atom stereocenters. The summed E-state index contributed by atoms with van der Waals surface area (Å²) in [6, 6.07) is 3.51. The number of benzene rings is 1. The van der Waals surface area contributed by atoms with Gasteiger partial charge in [0.25, 0.3) is 6.43 Å². The summed E-state index contributed by atoms with van der Waals surface area (Å²) in [4.78, 5) is 6.68. The predicted octanol–water partition coefficient (Wildman–Crippen LogP) is 4.13. The van der Waals surface area contributed by atoms with Gasteiger partial charge in [-0.2, -0.15) is 5.10 Å². The molecule has 1 fully saturated rings. The van der Waals surface area contributed by atoms with Gasteiger partial charge in [-0.3, -0.25) is 4.98 Å². The number of pyridine rings is 1. The molecule has 0 aliphatic carbocycles. The van der Waals surface area contributed by atoms with Gasteiger partial charge in [0.2, 0.25) is 0 Å². The normalized spacial score (nSPS) is 16.0. The highest BCUT2D eigenvalue weighted by atomic mass is 19.3. The van der Waals surface area contributed by atoms with Crippen LogP contribution in [0.25, 0.3) is 10.9 Å². The number of nitrogen functional groups attached to an aromatic ring is 1. The Kier molecular flexibility index (Phi) is 6.05. The molecule has 1 aliphatic rings. The molecule has 0 saturated carbocycles. The van der Waals surface area contributed by atoms with E-state index in [4.69, 9.17) is 5.73 Å². The van der Waals surface area contributed by atoms with Crippen LogP contribution in [0.15, 0.2) is 24.4 Å². The molecule has 7 nitrogen and oxygen atoms in total. The number of alkyl halides is 2. The zero-order valence-corrected chi connectivity index (χ0v) is 17.8. The predicted molar refractivity (Wildman–Crippen MR) is 117 cm³/mol. The lowest BCUT2D eigenvalue weighted by molar-refractivity contribution is 0.145. The lowest BCUT2D eigenvalue weighted by Gasteiger charge is -2.31. The average molecular weight is 446 g/mol. The van der Waals surface area contributed by atoms with E-state index in [0.29, 0.717) is 48.3 Å². The summed E-state index contributed by atoms with van der Waals surface area (Å²) in [5, 5.41) is 21.9. The number of hydrogen-bond donors (Lipinski definition) is 3. The fourth-order valence-corrected chi connectivity index (χ4v) is 4.00. The Hall–Kier alpha value is -3.14. The van der Waals surface area contributed by atoms with Crippen molar-refractivity contribution < 1.29 is 18.3 Å². The van der Waals surface area contributed by atoms with Gasteiger partial charge >= 0.3 is 0 Å². The second kappa shape index (κ2) is 8.78. The maximum atomic E-state index is 14.7. The molecule has 4 N–H and O–H groups in total. The van der Waals surface area contributed by atoms with Crippen LogP contribution in [0.2, 0.25) is 0 Å². The van der Waals surface area contributed by atoms with Crippen molar-refractivity contribution in [1.29, 1.82) is 0 Å². The van der Waals surface area contributed by atoms with Crippen molar-refractivity contribution in [2.45, 2.75) is 45.3 Å². The Balaban J connectivity index is 1.70. The number of fused-ring (bicyclic) bond motifs is 1. The molecule has 1 aliphatic heterocycles. The second-order valence-corrected chi connectivity index (χ2v) is 8.12. The number of piperidine rings is 1. The SMILES string of the molecule is Cc1nnc(N[C@H](C)c2cc(N)cc(C(F)F)c2F)c2cc(N3CCC(O)CC3)cnc12. The van der Waals surface area contributed by atoms with Crippen LogP contribution < -0.4 is 16.0 Å². The number of halogens is 3. The van der Waals surface area contributed by atoms with Crippen molar-refractivity contribution in [1.82, 2.24) is 15.2 Å². The highest BCUT2D eigenvalue weighted by molar-refractivity contribution is 5.92. The summed E-state index contributed by atoms with van der Waals surface area (Å²) in [6.45, 7) is 4.84. The lowest BCUT2D eigenvalue weighted by Crippen LogP contribution is -2.35. The van der Waals surface area contributed by atoms with Crippen LogP contribution in [0, 0.1) is 12.7 Å². The van der Waals surface area contributed by atoms with E-state index in [1.807, 2.05) is 6.07 Å². The number of aryl methyl sites for hydroxylation is 1. The third-order valence-corrected chi connectivity index (χ3v) is 5.81. The zero-order valence-electron chi connectivity index (χ0n) is 17.8. The molecular formula is C22H25F3N6O. The molecule has 170 valence electrons. The van der Waals surface area contributed by atoms with E-state index in [-0.39, 0.29) is 17.4 Å². The molecule has 0 spiro atoms. The monoisotopic (exact) mass is 446 g/mol. The number of nitrogens with one attached hydrogen (secondary N) is 1. The summed E-state index contributed by atoms with van der Waals surface area (Å²) >= 11 is 0. The molecule has 32 heavy (non-hydrogen) atoms. The lowest BCUT2D eigenvalue weighted by atomic mass is 10.0. The highest BCUT2D eigenvalue weighted by Crippen LogP contribution is 2.33. The van der Waals surface area contributed by atoms with Crippen molar-refractivity contribution in [3.8, 4) is 0 Å². The first-order valence-electron chi connectivity index (χ1n) is 10.4. The van der Waals surface area contributed by atoms with Crippen LogP contribution in [-0.4, -0.2) is 39.5 Å². The molecule has 1 aromatic carbocycles. The first kappa shape index (κ1) is 22.1. The van der Waals surface area contributed by atoms with E-state index in [9.17, 15) is 18.3 Å². The number of aromatic nitrogens is 3. The molecule has 0 bridgehead atoms. The number of rotatable bonds is 5. The van der Waals surface area contributed by atoms with E-state index in [1.165, 1.54) is 6.07 Å². The Morgan fingerprint density at radius 3 is 2.53 bits per heavy atom. The molecule has 3 heterocycles. The summed E-state index contributed by atoms with van der Waals surface area (Å²) < 4.78 is 41.1. The quantitative estimate of drug-likeness (QED) is 0.507. The molecule has 3 aromatic rings. The van der Waals surface area contributed by atoms with E-state index in [0.717, 1.165) is 11.8 Å². The van der Waals surface area contributed by atoms with E-state index >= 15 is 0 Å². The number of nitrogens with two attached hydrogens (primary N) is 1. The van der Waals surface area contributed by atoms with Gasteiger partial charge in [0.1, 0.15) is 5.82 Å². The molecule has 1 atom stereocenters. The van der Waals surface area contributed by atoms with Crippen LogP contribution >= 0.6 is 0 Å². The Labute approximate surface area is 183 Å². The molecule has 0 amide bonds. The smallest absolute Gasteiger partial charge is 0.266 e. The highest BCUT2D eigenvalue weighted by Gasteiger charge is 2.23. The summed E-state index contributed by atoms with van der Waals surface area (Å²) in [6.07, 6.45) is -0.158. The van der Waals surface area contributed by atoms with Gasteiger partial charge < -0.3 is 21.1 Å². The largest absolute Gasteiger partial charge is 0.399 e. The molecule has 10 heteroatoms. The van der Waals surface area contributed by atoms with Crippen molar-refractivity contribution in [2.75, 3.05) is 29.0 Å². The van der Waals surface area contributed by atoms with Gasteiger partial charge in [-0.25, -0.2) is 13.2 Å². The third kappa shape index (κ3) is 4.27. The number of aliphatic hydroxyl groups is 1. The summed E-state index contributed by atoms with van der Waals surface area (Å²) in [7, 11) is 0. The summed E-state index contributed by atoms with van der Waals surface area (Å²) in [5.41, 5.74) is 7.22. The van der Waals surface area contributed by atoms with Crippen LogP contribution in [0.1, 0.15) is 49.1 Å².